The molecule has 0 unspecified atom stereocenters. The highest BCUT2D eigenvalue weighted by Gasteiger charge is 2.51. The zero-order valence-electron chi connectivity index (χ0n) is 14.2. The smallest absolute Gasteiger partial charge is 0.128 e. The van der Waals surface area contributed by atoms with Crippen LogP contribution in [0.5, 0.6) is 5.75 Å². The molecule has 24 heavy (non-hydrogen) atoms. The van der Waals surface area contributed by atoms with Crippen molar-refractivity contribution in [1.29, 1.82) is 0 Å². The first kappa shape index (κ1) is 14.6. The molecule has 0 aliphatic heterocycles. The third kappa shape index (κ3) is 2.55. The topological polar surface area (TPSA) is 9.23 Å². The van der Waals surface area contributed by atoms with Gasteiger partial charge in [-0.2, -0.15) is 0 Å². The van der Waals surface area contributed by atoms with Crippen molar-refractivity contribution in [3.05, 3.63) is 65.7 Å². The second-order valence-electron chi connectivity index (χ2n) is 8.41. The van der Waals surface area contributed by atoms with Crippen LogP contribution in [-0.2, 0) is 12.0 Å². The van der Waals surface area contributed by atoms with Crippen LogP contribution in [0, 0.1) is 23.8 Å². The van der Waals surface area contributed by atoms with Crippen LogP contribution in [-0.4, -0.2) is 0 Å². The van der Waals surface area contributed by atoms with Gasteiger partial charge >= 0.3 is 0 Å². The summed E-state index contributed by atoms with van der Waals surface area (Å²) in [5.74, 6) is 3.85. The molecule has 1 nitrogen and oxygen atoms in total. The van der Waals surface area contributed by atoms with E-state index >= 15 is 0 Å². The molecule has 4 bridgehead atoms. The van der Waals surface area contributed by atoms with Gasteiger partial charge in [0.05, 0.1) is 0 Å². The van der Waals surface area contributed by atoms with Gasteiger partial charge in [-0.3, -0.25) is 0 Å². The highest BCUT2D eigenvalue weighted by atomic mass is 16.5. The SMILES string of the molecule is [c]1ccc(C23CC4CC(CC(C4)C2)C3)cc1OCc1ccccc1. The van der Waals surface area contributed by atoms with Gasteiger partial charge in [-0.1, -0.05) is 42.5 Å². The molecule has 0 N–H and O–H groups in total. The molecule has 0 saturated heterocycles. The molecule has 2 aromatic carbocycles. The zero-order valence-corrected chi connectivity index (χ0v) is 14.2. The van der Waals surface area contributed by atoms with Crippen molar-refractivity contribution in [1.82, 2.24) is 0 Å². The van der Waals surface area contributed by atoms with Crippen molar-refractivity contribution < 1.29 is 4.74 Å². The summed E-state index contributed by atoms with van der Waals surface area (Å²) in [6.07, 6.45) is 8.70. The normalized spacial score (nSPS) is 33.6. The summed E-state index contributed by atoms with van der Waals surface area (Å²) in [6.45, 7) is 0.627. The van der Waals surface area contributed by atoms with Crippen molar-refractivity contribution in [2.75, 3.05) is 0 Å². The van der Waals surface area contributed by atoms with E-state index in [-0.39, 0.29) is 0 Å². The summed E-state index contributed by atoms with van der Waals surface area (Å²) in [6, 6.07) is 20.4. The number of rotatable bonds is 4. The standard InChI is InChI=1S/C23H25O/c1-2-5-17(6-3-1)16-24-22-8-4-7-21(12-22)23-13-18-9-19(14-23)11-20(10-18)15-23/h1-7,12,18-20H,9-11,13-16H2. The Morgan fingerprint density at radius 1 is 0.917 bits per heavy atom. The van der Waals surface area contributed by atoms with Gasteiger partial charge in [-0.15, -0.1) is 0 Å². The van der Waals surface area contributed by atoms with Crippen LogP contribution < -0.4 is 4.74 Å². The van der Waals surface area contributed by atoms with Crippen molar-refractivity contribution >= 4 is 0 Å². The summed E-state index contributed by atoms with van der Waals surface area (Å²) >= 11 is 0. The Hall–Kier alpha value is -1.76. The lowest BCUT2D eigenvalue weighted by atomic mass is 9.48. The van der Waals surface area contributed by atoms with Gasteiger partial charge < -0.3 is 4.74 Å². The Bertz CT molecular complexity index is 683. The third-order valence-corrected chi connectivity index (χ3v) is 6.66. The highest BCUT2D eigenvalue weighted by molar-refractivity contribution is 5.35. The molecular formula is C23H25O. The molecule has 4 saturated carbocycles. The maximum Gasteiger partial charge on any atom is 0.128 e. The number of ether oxygens (including phenoxy) is 1. The Morgan fingerprint density at radius 2 is 1.58 bits per heavy atom. The molecule has 1 heteroatoms. The summed E-state index contributed by atoms with van der Waals surface area (Å²) in [5.41, 5.74) is 3.17. The van der Waals surface area contributed by atoms with E-state index in [1.54, 1.807) is 0 Å². The van der Waals surface area contributed by atoms with Gasteiger partial charge in [-0.25, -0.2) is 0 Å². The minimum Gasteiger partial charge on any atom is -0.488 e. The van der Waals surface area contributed by atoms with Gasteiger partial charge in [0, 0.05) is 6.07 Å². The molecule has 0 aromatic heterocycles. The fourth-order valence-electron chi connectivity index (χ4n) is 6.06. The lowest BCUT2D eigenvalue weighted by Crippen LogP contribution is -2.48. The van der Waals surface area contributed by atoms with Crippen LogP contribution in [0.1, 0.15) is 49.7 Å². The quantitative estimate of drug-likeness (QED) is 0.720. The molecule has 4 aliphatic rings. The molecule has 4 fully saturated rings. The number of hydrogen-bond acceptors (Lipinski definition) is 1. The lowest BCUT2D eigenvalue weighted by molar-refractivity contribution is -0.00529. The average molecular weight is 317 g/mol. The largest absolute Gasteiger partial charge is 0.488 e. The van der Waals surface area contributed by atoms with Crippen molar-refractivity contribution in [3.8, 4) is 5.75 Å². The molecule has 123 valence electrons. The van der Waals surface area contributed by atoms with E-state index in [9.17, 15) is 0 Å². The van der Waals surface area contributed by atoms with E-state index in [4.69, 9.17) is 4.74 Å². The molecule has 6 rings (SSSR count). The fourth-order valence-corrected chi connectivity index (χ4v) is 6.06. The minimum atomic E-state index is 0.439. The second kappa shape index (κ2) is 5.65. The zero-order chi connectivity index (χ0) is 16.0. The van der Waals surface area contributed by atoms with Gasteiger partial charge in [0.15, 0.2) is 0 Å². The third-order valence-electron chi connectivity index (χ3n) is 6.66. The molecule has 0 heterocycles. The van der Waals surface area contributed by atoms with Gasteiger partial charge in [0.25, 0.3) is 0 Å². The highest BCUT2D eigenvalue weighted by Crippen LogP contribution is 2.60. The number of hydrogen-bond donors (Lipinski definition) is 0. The summed E-state index contributed by atoms with van der Waals surface area (Å²) < 4.78 is 6.04. The van der Waals surface area contributed by atoms with Crippen LogP contribution in [0.25, 0.3) is 0 Å². The first-order valence-electron chi connectivity index (χ1n) is 9.48. The Kier molecular flexibility index (Phi) is 3.43. The maximum atomic E-state index is 6.04. The van der Waals surface area contributed by atoms with E-state index in [1.165, 1.54) is 49.7 Å². The maximum absolute atomic E-state index is 6.04. The molecule has 0 amide bonds. The van der Waals surface area contributed by atoms with Crippen molar-refractivity contribution in [2.45, 2.75) is 50.5 Å². The van der Waals surface area contributed by atoms with Gasteiger partial charge in [0.2, 0.25) is 0 Å². The predicted molar refractivity (Wildman–Crippen MR) is 95.9 cm³/mol. The second-order valence-corrected chi connectivity index (χ2v) is 8.41. The number of benzene rings is 2. The summed E-state index contributed by atoms with van der Waals surface area (Å²) in [4.78, 5) is 0. The van der Waals surface area contributed by atoms with E-state index in [1.807, 2.05) is 6.07 Å². The van der Waals surface area contributed by atoms with Gasteiger partial charge in [0.1, 0.15) is 12.4 Å². The van der Waals surface area contributed by atoms with E-state index < -0.39 is 0 Å². The Morgan fingerprint density at radius 3 is 2.25 bits per heavy atom. The predicted octanol–water partition coefficient (Wildman–Crippen LogP) is 5.53. The molecule has 2 aromatic rings. The van der Waals surface area contributed by atoms with E-state index in [2.05, 4.69) is 48.5 Å². The van der Waals surface area contributed by atoms with E-state index in [0.29, 0.717) is 12.0 Å². The summed E-state index contributed by atoms with van der Waals surface area (Å²) in [7, 11) is 0. The summed E-state index contributed by atoms with van der Waals surface area (Å²) in [5, 5.41) is 0. The van der Waals surface area contributed by atoms with Gasteiger partial charge in [-0.05, 0) is 78.9 Å². The van der Waals surface area contributed by atoms with E-state index in [0.717, 1.165) is 23.5 Å². The molecule has 1 radical (unpaired) electrons. The van der Waals surface area contributed by atoms with Crippen molar-refractivity contribution in [2.24, 2.45) is 17.8 Å². The van der Waals surface area contributed by atoms with Crippen LogP contribution in [0.4, 0.5) is 0 Å². The van der Waals surface area contributed by atoms with Crippen LogP contribution >= 0.6 is 0 Å². The monoisotopic (exact) mass is 317 g/mol. The lowest BCUT2D eigenvalue weighted by Gasteiger charge is -2.57. The molecule has 0 spiro atoms. The van der Waals surface area contributed by atoms with Crippen LogP contribution in [0.3, 0.4) is 0 Å². The van der Waals surface area contributed by atoms with Crippen molar-refractivity contribution in [3.63, 3.8) is 0 Å². The Labute approximate surface area is 145 Å². The Balaban J connectivity index is 1.37. The van der Waals surface area contributed by atoms with Crippen LogP contribution in [0.15, 0.2) is 48.5 Å². The van der Waals surface area contributed by atoms with Crippen LogP contribution in [0.2, 0.25) is 0 Å². The first-order chi connectivity index (χ1) is 11.8. The first-order valence-corrected chi connectivity index (χ1v) is 9.48. The fraction of sp³-hybridized carbons (Fsp3) is 0.478. The molecule has 4 aliphatic carbocycles. The molecular weight excluding hydrogens is 292 g/mol. The molecule has 0 atom stereocenters. The average Bonchev–Trinajstić information content (AvgIpc) is 2.60. The minimum absolute atomic E-state index is 0.439.